The molecule has 0 atom stereocenters. The Hall–Kier alpha value is -1.92. The zero-order valence-corrected chi connectivity index (χ0v) is 13.8. The molecule has 1 aromatic carbocycles. The first-order chi connectivity index (χ1) is 10.6. The third-order valence-electron chi connectivity index (χ3n) is 2.53. The van der Waals surface area contributed by atoms with E-state index in [1.54, 1.807) is 24.3 Å². The van der Waals surface area contributed by atoms with Crippen LogP contribution < -0.4 is 4.74 Å². The fourth-order valence-corrected chi connectivity index (χ4v) is 2.15. The molecule has 5 nitrogen and oxygen atoms in total. The Labute approximate surface area is 141 Å². The predicted octanol–water partition coefficient (Wildman–Crippen LogP) is 4.42. The lowest BCUT2D eigenvalue weighted by Crippen LogP contribution is -2.09. The first kappa shape index (κ1) is 16.5. The zero-order valence-electron chi connectivity index (χ0n) is 11.5. The molecule has 0 aliphatic heterocycles. The zero-order chi connectivity index (χ0) is 15.9. The van der Waals surface area contributed by atoms with Crippen LogP contribution in [0.25, 0.3) is 0 Å². The van der Waals surface area contributed by atoms with Crippen LogP contribution in [0.15, 0.2) is 47.7 Å². The number of hydrogen-bond acceptors (Lipinski definition) is 5. The van der Waals surface area contributed by atoms with E-state index in [1.807, 2.05) is 0 Å². The van der Waals surface area contributed by atoms with Crippen molar-refractivity contribution in [3.63, 3.8) is 0 Å². The number of carbonyl (C=O) groups excluding carboxylic acids is 1. The first-order valence-corrected chi connectivity index (χ1v) is 7.51. The van der Waals surface area contributed by atoms with E-state index in [4.69, 9.17) is 21.1 Å². The summed E-state index contributed by atoms with van der Waals surface area (Å²) in [5.74, 6) is -0.210. The summed E-state index contributed by atoms with van der Waals surface area (Å²) >= 11 is 9.04. The summed E-state index contributed by atoms with van der Waals surface area (Å²) in [6.45, 7) is 3.83. The van der Waals surface area contributed by atoms with Gasteiger partial charge in [0.15, 0.2) is 0 Å². The van der Waals surface area contributed by atoms with Crippen LogP contribution in [0.1, 0.15) is 16.8 Å². The smallest absolute Gasteiger partial charge is 0.343 e. The lowest BCUT2D eigenvalue weighted by atomic mass is 10.2. The molecule has 22 heavy (non-hydrogen) atoms. The number of benzene rings is 1. The molecule has 2 aromatic rings. The van der Waals surface area contributed by atoms with E-state index in [1.165, 1.54) is 12.4 Å². The minimum Gasteiger partial charge on any atom is -0.462 e. The molecule has 1 heterocycles. The van der Waals surface area contributed by atoms with Gasteiger partial charge in [0.25, 0.3) is 0 Å². The minimum absolute atomic E-state index is 0.0858. The molecule has 0 unspecified atom stereocenters. The summed E-state index contributed by atoms with van der Waals surface area (Å²) in [7, 11) is 0. The fraction of sp³-hybridized carbons (Fsp3) is 0.133. The Kier molecular flexibility index (Phi) is 5.91. The number of hydrogen-bond donors (Lipinski definition) is 0. The third-order valence-corrected chi connectivity index (χ3v) is 3.39. The van der Waals surface area contributed by atoms with Crippen LogP contribution in [-0.2, 0) is 4.74 Å². The Morgan fingerprint density at radius 1 is 1.36 bits per heavy atom. The normalized spacial score (nSPS) is 10.1. The van der Waals surface area contributed by atoms with Gasteiger partial charge in [-0.15, -0.1) is 6.58 Å². The summed E-state index contributed by atoms with van der Waals surface area (Å²) in [6, 6.07) is 5.17. The van der Waals surface area contributed by atoms with Gasteiger partial charge in [-0.1, -0.05) is 23.7 Å². The topological polar surface area (TPSA) is 61.3 Å². The molecular weight excluding hydrogens is 372 g/mol. The van der Waals surface area contributed by atoms with Gasteiger partial charge in [0, 0.05) is 4.47 Å². The monoisotopic (exact) mass is 382 g/mol. The van der Waals surface area contributed by atoms with Crippen LogP contribution in [0, 0.1) is 0 Å². The molecular formula is C15H12BrClN2O3. The lowest BCUT2D eigenvalue weighted by Gasteiger charge is -2.11. The molecule has 114 valence electrons. The van der Waals surface area contributed by atoms with Crippen molar-refractivity contribution >= 4 is 33.5 Å². The second kappa shape index (κ2) is 7.91. The average Bonchev–Trinajstić information content (AvgIpc) is 2.50. The van der Waals surface area contributed by atoms with Crippen LogP contribution in [0.2, 0.25) is 5.02 Å². The molecule has 0 radical (unpaired) electrons. The van der Waals surface area contributed by atoms with Crippen LogP contribution in [0.4, 0.5) is 0 Å². The fourth-order valence-electron chi connectivity index (χ4n) is 1.55. The second-order valence-electron chi connectivity index (χ2n) is 4.11. The molecule has 0 aliphatic rings. The van der Waals surface area contributed by atoms with E-state index in [0.29, 0.717) is 21.7 Å². The molecule has 0 bridgehead atoms. The number of aromatic nitrogens is 2. The van der Waals surface area contributed by atoms with Crippen molar-refractivity contribution in [2.75, 3.05) is 6.61 Å². The summed E-state index contributed by atoms with van der Waals surface area (Å²) in [5, 5.41) is 0.394. The maximum Gasteiger partial charge on any atom is 0.343 e. The third kappa shape index (κ3) is 4.29. The van der Waals surface area contributed by atoms with E-state index in [9.17, 15) is 4.79 Å². The van der Waals surface area contributed by atoms with Crippen LogP contribution >= 0.6 is 27.5 Å². The number of halogens is 2. The van der Waals surface area contributed by atoms with Crippen molar-refractivity contribution < 1.29 is 14.3 Å². The van der Waals surface area contributed by atoms with E-state index in [-0.39, 0.29) is 18.2 Å². The van der Waals surface area contributed by atoms with Gasteiger partial charge in [0.05, 0.1) is 24.0 Å². The Bertz CT molecular complexity index is 677. The molecule has 1 aromatic heterocycles. The van der Waals surface area contributed by atoms with Gasteiger partial charge in [-0.2, -0.15) is 0 Å². The van der Waals surface area contributed by atoms with Gasteiger partial charge in [-0.3, -0.25) is 0 Å². The summed E-state index contributed by atoms with van der Waals surface area (Å²) in [5.41, 5.74) is 0.269. The number of esters is 1. The number of nitrogens with zero attached hydrogens (tertiary/aromatic N) is 2. The highest BCUT2D eigenvalue weighted by Gasteiger charge is 2.19. The molecule has 0 fully saturated rings. The van der Waals surface area contributed by atoms with Gasteiger partial charge in [-0.25, -0.2) is 14.8 Å². The Morgan fingerprint density at radius 3 is 2.77 bits per heavy atom. The van der Waals surface area contributed by atoms with Gasteiger partial charge in [-0.05, 0) is 34.5 Å². The largest absolute Gasteiger partial charge is 0.462 e. The van der Waals surface area contributed by atoms with Crippen LogP contribution in [0.5, 0.6) is 11.8 Å². The maximum atomic E-state index is 12.2. The molecule has 0 N–H and O–H groups in total. The Balaban J connectivity index is 2.23. The minimum atomic E-state index is -0.502. The highest BCUT2D eigenvalue weighted by molar-refractivity contribution is 9.10. The quantitative estimate of drug-likeness (QED) is 0.420. The molecule has 2 rings (SSSR count). The predicted molar refractivity (Wildman–Crippen MR) is 86.4 cm³/mol. The van der Waals surface area contributed by atoms with E-state index in [0.717, 1.165) is 0 Å². The van der Waals surface area contributed by atoms with Crippen molar-refractivity contribution in [1.29, 1.82) is 0 Å². The van der Waals surface area contributed by atoms with Gasteiger partial charge < -0.3 is 9.47 Å². The molecule has 0 saturated heterocycles. The van der Waals surface area contributed by atoms with E-state index in [2.05, 4.69) is 32.5 Å². The molecule has 7 heteroatoms. The SMILES string of the molecule is C=CCCOC(=O)c1c(Br)cccc1Oc1ncc(Cl)cn1. The number of carbonyl (C=O) groups is 1. The first-order valence-electron chi connectivity index (χ1n) is 6.33. The van der Waals surface area contributed by atoms with Crippen LogP contribution in [-0.4, -0.2) is 22.5 Å². The summed E-state index contributed by atoms with van der Waals surface area (Å²) in [4.78, 5) is 20.0. The highest BCUT2D eigenvalue weighted by Crippen LogP contribution is 2.30. The maximum absolute atomic E-state index is 12.2. The van der Waals surface area contributed by atoms with E-state index < -0.39 is 5.97 Å². The van der Waals surface area contributed by atoms with Gasteiger partial charge in [0.2, 0.25) is 0 Å². The summed E-state index contributed by atoms with van der Waals surface area (Å²) < 4.78 is 11.3. The summed E-state index contributed by atoms with van der Waals surface area (Å²) in [6.07, 6.45) is 5.06. The standard InChI is InChI=1S/C15H12BrClN2O3/c1-2-3-7-21-14(20)13-11(16)5-4-6-12(13)22-15-18-8-10(17)9-19-15/h2,4-6,8-9H,1,3,7H2. The van der Waals surface area contributed by atoms with Crippen molar-refractivity contribution in [1.82, 2.24) is 9.97 Å². The van der Waals surface area contributed by atoms with Crippen molar-refractivity contribution in [3.05, 3.63) is 58.3 Å². The van der Waals surface area contributed by atoms with Crippen molar-refractivity contribution in [3.8, 4) is 11.8 Å². The molecule has 0 spiro atoms. The molecule has 0 saturated carbocycles. The molecule has 0 aliphatic carbocycles. The second-order valence-corrected chi connectivity index (χ2v) is 5.40. The number of rotatable bonds is 6. The van der Waals surface area contributed by atoms with Crippen molar-refractivity contribution in [2.45, 2.75) is 6.42 Å². The average molecular weight is 384 g/mol. The van der Waals surface area contributed by atoms with Crippen molar-refractivity contribution in [2.24, 2.45) is 0 Å². The highest BCUT2D eigenvalue weighted by atomic mass is 79.9. The number of ether oxygens (including phenoxy) is 2. The van der Waals surface area contributed by atoms with Crippen LogP contribution in [0.3, 0.4) is 0 Å². The molecule has 0 amide bonds. The van der Waals surface area contributed by atoms with E-state index >= 15 is 0 Å². The lowest BCUT2D eigenvalue weighted by molar-refractivity contribution is 0.0507. The Morgan fingerprint density at radius 2 is 2.09 bits per heavy atom. The van der Waals surface area contributed by atoms with Gasteiger partial charge in [0.1, 0.15) is 11.3 Å². The van der Waals surface area contributed by atoms with Gasteiger partial charge >= 0.3 is 12.0 Å².